The number of carbonyl (C=O) groups is 1. The maximum absolute atomic E-state index is 11.7. The summed E-state index contributed by atoms with van der Waals surface area (Å²) in [5, 5.41) is 3.16. The highest BCUT2D eigenvalue weighted by atomic mass is 16.5. The summed E-state index contributed by atoms with van der Waals surface area (Å²) >= 11 is 0. The van der Waals surface area contributed by atoms with Crippen LogP contribution in [0.5, 0.6) is 5.75 Å². The first-order valence-corrected chi connectivity index (χ1v) is 7.04. The van der Waals surface area contributed by atoms with E-state index in [-0.39, 0.29) is 0 Å². The molecule has 0 saturated heterocycles. The Hall–Kier alpha value is -2.49. The van der Waals surface area contributed by atoms with Crippen molar-refractivity contribution in [2.75, 3.05) is 11.9 Å². The van der Waals surface area contributed by atoms with E-state index in [2.05, 4.69) is 12.2 Å². The van der Waals surface area contributed by atoms with E-state index < -0.39 is 11.9 Å². The van der Waals surface area contributed by atoms with Crippen LogP contribution >= 0.6 is 0 Å². The van der Waals surface area contributed by atoms with E-state index in [0.29, 0.717) is 6.61 Å². The minimum atomic E-state index is -0.562. The average molecular weight is 284 g/mol. The van der Waals surface area contributed by atoms with Crippen LogP contribution in [0.3, 0.4) is 0 Å². The minimum Gasteiger partial charge on any atom is -0.494 e. The maximum atomic E-state index is 11.7. The molecule has 2 aromatic carbocycles. The molecule has 0 spiro atoms. The summed E-state index contributed by atoms with van der Waals surface area (Å²) in [5.74, 6) is 0.360. The molecule has 0 aliphatic heterocycles. The second kappa shape index (κ2) is 7.33. The van der Waals surface area contributed by atoms with Gasteiger partial charge in [-0.05, 0) is 24.1 Å². The molecule has 1 amide bonds. The third-order valence-electron chi connectivity index (χ3n) is 3.04. The zero-order valence-electron chi connectivity index (χ0n) is 12.1. The monoisotopic (exact) mass is 284 g/mol. The summed E-state index contributed by atoms with van der Waals surface area (Å²) in [5.41, 5.74) is 7.14. The average Bonchev–Trinajstić information content (AvgIpc) is 2.51. The van der Waals surface area contributed by atoms with Gasteiger partial charge in [0.15, 0.2) is 0 Å². The van der Waals surface area contributed by atoms with Crippen molar-refractivity contribution in [1.82, 2.24) is 0 Å². The van der Waals surface area contributed by atoms with Crippen LogP contribution in [0.1, 0.15) is 24.9 Å². The fourth-order valence-corrected chi connectivity index (χ4v) is 2.03. The number of nitrogens with one attached hydrogen (secondary N) is 1. The molecule has 110 valence electrons. The van der Waals surface area contributed by atoms with Crippen molar-refractivity contribution in [3.63, 3.8) is 0 Å². The number of hydrogen-bond donors (Lipinski definition) is 2. The van der Waals surface area contributed by atoms with Crippen LogP contribution in [0.4, 0.5) is 5.69 Å². The highest BCUT2D eigenvalue weighted by Gasteiger charge is 2.17. The Morgan fingerprint density at radius 3 is 2.62 bits per heavy atom. The predicted molar refractivity (Wildman–Crippen MR) is 84.2 cm³/mol. The molecule has 4 nitrogen and oxygen atoms in total. The Kier molecular flexibility index (Phi) is 5.21. The number of rotatable bonds is 7. The van der Waals surface area contributed by atoms with Gasteiger partial charge < -0.3 is 15.8 Å². The van der Waals surface area contributed by atoms with Gasteiger partial charge in [-0.1, -0.05) is 43.3 Å². The molecule has 3 N–H and O–H groups in total. The van der Waals surface area contributed by atoms with Crippen molar-refractivity contribution in [2.24, 2.45) is 5.73 Å². The SMILES string of the molecule is CCCOc1cccc(N[C@@H](C(N)=O)c2ccccc2)c1. The Morgan fingerprint density at radius 2 is 1.95 bits per heavy atom. The fraction of sp³-hybridized carbons (Fsp3) is 0.235. The Morgan fingerprint density at radius 1 is 1.19 bits per heavy atom. The predicted octanol–water partition coefficient (Wildman–Crippen LogP) is 3.11. The van der Waals surface area contributed by atoms with Crippen molar-refractivity contribution in [3.05, 3.63) is 60.2 Å². The van der Waals surface area contributed by atoms with Crippen LogP contribution in [-0.2, 0) is 4.79 Å². The van der Waals surface area contributed by atoms with Crippen molar-refractivity contribution in [1.29, 1.82) is 0 Å². The molecule has 0 heterocycles. The van der Waals surface area contributed by atoms with Crippen LogP contribution in [-0.4, -0.2) is 12.5 Å². The minimum absolute atomic E-state index is 0.416. The van der Waals surface area contributed by atoms with Crippen molar-refractivity contribution in [3.8, 4) is 5.75 Å². The molecular weight excluding hydrogens is 264 g/mol. The lowest BCUT2D eigenvalue weighted by Crippen LogP contribution is -2.27. The summed E-state index contributed by atoms with van der Waals surface area (Å²) in [7, 11) is 0. The van der Waals surface area contributed by atoms with E-state index in [1.165, 1.54) is 0 Å². The van der Waals surface area contributed by atoms with Gasteiger partial charge in [0.25, 0.3) is 0 Å². The third-order valence-corrected chi connectivity index (χ3v) is 3.04. The van der Waals surface area contributed by atoms with Gasteiger partial charge >= 0.3 is 0 Å². The highest BCUT2D eigenvalue weighted by Crippen LogP contribution is 2.23. The second-order valence-electron chi connectivity index (χ2n) is 4.77. The molecule has 21 heavy (non-hydrogen) atoms. The fourth-order valence-electron chi connectivity index (χ4n) is 2.03. The number of anilines is 1. The molecule has 0 bridgehead atoms. The molecule has 2 rings (SSSR count). The first-order chi connectivity index (χ1) is 10.2. The van der Waals surface area contributed by atoms with Gasteiger partial charge in [-0.15, -0.1) is 0 Å². The standard InChI is InChI=1S/C17H20N2O2/c1-2-11-21-15-10-6-9-14(12-15)19-16(17(18)20)13-7-4-3-5-8-13/h3-10,12,16,19H,2,11H2,1H3,(H2,18,20)/t16-/m1/s1. The number of amides is 1. The smallest absolute Gasteiger partial charge is 0.244 e. The molecule has 0 aromatic heterocycles. The molecule has 2 aromatic rings. The van der Waals surface area contributed by atoms with Crippen molar-refractivity contribution in [2.45, 2.75) is 19.4 Å². The Balaban J connectivity index is 2.16. The van der Waals surface area contributed by atoms with Gasteiger partial charge in [-0.25, -0.2) is 0 Å². The summed E-state index contributed by atoms with van der Waals surface area (Å²) in [6.45, 7) is 2.72. The van der Waals surface area contributed by atoms with Gasteiger partial charge in [0, 0.05) is 11.8 Å². The number of nitrogens with two attached hydrogens (primary N) is 1. The third kappa shape index (κ3) is 4.24. The molecule has 0 aliphatic rings. The van der Waals surface area contributed by atoms with E-state index in [0.717, 1.165) is 23.4 Å². The van der Waals surface area contributed by atoms with Crippen LogP contribution in [0.15, 0.2) is 54.6 Å². The molecule has 0 fully saturated rings. The Labute approximate surface area is 124 Å². The quantitative estimate of drug-likeness (QED) is 0.821. The lowest BCUT2D eigenvalue weighted by atomic mass is 10.1. The van der Waals surface area contributed by atoms with E-state index in [4.69, 9.17) is 10.5 Å². The number of hydrogen-bond acceptors (Lipinski definition) is 3. The molecular formula is C17H20N2O2. The molecule has 0 aliphatic carbocycles. The van der Waals surface area contributed by atoms with Gasteiger partial charge in [0.05, 0.1) is 6.61 Å². The van der Waals surface area contributed by atoms with E-state index in [9.17, 15) is 4.79 Å². The molecule has 1 atom stereocenters. The number of primary amides is 1. The zero-order chi connectivity index (χ0) is 15.1. The van der Waals surface area contributed by atoms with E-state index >= 15 is 0 Å². The van der Waals surface area contributed by atoms with E-state index in [1.807, 2.05) is 54.6 Å². The number of ether oxygens (including phenoxy) is 1. The lowest BCUT2D eigenvalue weighted by molar-refractivity contribution is -0.118. The van der Waals surface area contributed by atoms with Crippen LogP contribution in [0.25, 0.3) is 0 Å². The number of benzene rings is 2. The van der Waals surface area contributed by atoms with Crippen LogP contribution < -0.4 is 15.8 Å². The lowest BCUT2D eigenvalue weighted by Gasteiger charge is -2.17. The Bertz CT molecular complexity index is 584. The van der Waals surface area contributed by atoms with Crippen LogP contribution in [0.2, 0.25) is 0 Å². The second-order valence-corrected chi connectivity index (χ2v) is 4.77. The summed E-state index contributed by atoms with van der Waals surface area (Å²) in [4.78, 5) is 11.7. The van der Waals surface area contributed by atoms with Gasteiger partial charge in [-0.2, -0.15) is 0 Å². The normalized spacial score (nSPS) is 11.7. The van der Waals surface area contributed by atoms with Crippen molar-refractivity contribution >= 4 is 11.6 Å². The van der Waals surface area contributed by atoms with Crippen molar-refractivity contribution < 1.29 is 9.53 Å². The van der Waals surface area contributed by atoms with E-state index in [1.54, 1.807) is 0 Å². The number of carbonyl (C=O) groups excluding carboxylic acids is 1. The van der Waals surface area contributed by atoms with Gasteiger partial charge in [0.1, 0.15) is 11.8 Å². The summed E-state index contributed by atoms with van der Waals surface area (Å²) in [6, 6.07) is 16.4. The molecule has 0 unspecified atom stereocenters. The zero-order valence-corrected chi connectivity index (χ0v) is 12.1. The largest absolute Gasteiger partial charge is 0.494 e. The molecule has 0 radical (unpaired) electrons. The first-order valence-electron chi connectivity index (χ1n) is 7.04. The maximum Gasteiger partial charge on any atom is 0.244 e. The molecule has 0 saturated carbocycles. The molecule has 4 heteroatoms. The van der Waals surface area contributed by atoms with Gasteiger partial charge in [-0.3, -0.25) is 4.79 Å². The summed E-state index contributed by atoms with van der Waals surface area (Å²) < 4.78 is 5.59. The van der Waals surface area contributed by atoms with Gasteiger partial charge in [0.2, 0.25) is 5.91 Å². The van der Waals surface area contributed by atoms with Crippen LogP contribution in [0, 0.1) is 0 Å². The summed E-state index contributed by atoms with van der Waals surface area (Å²) in [6.07, 6.45) is 0.950. The first kappa shape index (κ1) is 14.9. The topological polar surface area (TPSA) is 64.3 Å². The highest BCUT2D eigenvalue weighted by molar-refractivity contribution is 5.84.